The third-order valence-corrected chi connectivity index (χ3v) is 2.46. The van der Waals surface area contributed by atoms with Crippen LogP contribution in [0.25, 0.3) is 11.1 Å². The van der Waals surface area contributed by atoms with Crippen molar-refractivity contribution in [2.24, 2.45) is 5.73 Å². The molecular weight excluding hydrogens is 238 g/mol. The van der Waals surface area contributed by atoms with Crippen molar-refractivity contribution in [2.75, 3.05) is 6.54 Å². The molecule has 0 saturated heterocycles. The van der Waals surface area contributed by atoms with E-state index in [-0.39, 0.29) is 19.0 Å². The molecule has 0 aliphatic carbocycles. The van der Waals surface area contributed by atoms with Gasteiger partial charge in [0.05, 0.1) is 19.3 Å². The van der Waals surface area contributed by atoms with Crippen LogP contribution in [0.15, 0.2) is 36.7 Å². The zero-order chi connectivity index (χ0) is 11.4. The smallest absolute Gasteiger partial charge is 0.0681 e. The second kappa shape index (κ2) is 6.39. The van der Waals surface area contributed by atoms with Gasteiger partial charge in [0.25, 0.3) is 0 Å². The number of aliphatic hydroxyl groups excluding tert-OH is 1. The molecule has 0 radical (unpaired) electrons. The fourth-order valence-corrected chi connectivity index (χ4v) is 1.57. The van der Waals surface area contributed by atoms with E-state index in [0.717, 1.165) is 23.2 Å². The van der Waals surface area contributed by atoms with Gasteiger partial charge in [-0.15, -0.1) is 12.4 Å². The Bertz CT molecular complexity index is 453. The average molecular weight is 254 g/mol. The third-order valence-electron chi connectivity index (χ3n) is 2.46. The van der Waals surface area contributed by atoms with Crippen LogP contribution in [0.5, 0.6) is 0 Å². The number of nitrogens with two attached hydrogens (primary N) is 1. The summed E-state index contributed by atoms with van der Waals surface area (Å²) in [5.41, 5.74) is 8.54. The van der Waals surface area contributed by atoms with Crippen molar-refractivity contribution >= 4 is 12.4 Å². The number of nitrogens with zero attached hydrogens (tertiary/aromatic N) is 2. The molecule has 5 heteroatoms. The van der Waals surface area contributed by atoms with E-state index in [1.807, 2.05) is 41.3 Å². The highest BCUT2D eigenvalue weighted by Crippen LogP contribution is 2.18. The summed E-state index contributed by atoms with van der Waals surface area (Å²) < 4.78 is 1.83. The lowest BCUT2D eigenvalue weighted by Gasteiger charge is -1.99. The van der Waals surface area contributed by atoms with Crippen LogP contribution in [-0.2, 0) is 13.2 Å². The normalized spacial score (nSPS) is 10.0. The summed E-state index contributed by atoms with van der Waals surface area (Å²) in [6.07, 6.45) is 3.80. The van der Waals surface area contributed by atoms with E-state index in [0.29, 0.717) is 6.54 Å². The Kier molecular flexibility index (Phi) is 5.15. The molecule has 0 bridgehead atoms. The molecule has 0 aliphatic rings. The van der Waals surface area contributed by atoms with Crippen LogP contribution < -0.4 is 5.73 Å². The number of aliphatic hydroxyl groups is 1. The van der Waals surface area contributed by atoms with E-state index < -0.39 is 0 Å². The zero-order valence-corrected chi connectivity index (χ0v) is 10.2. The minimum absolute atomic E-state index is 0. The highest BCUT2D eigenvalue weighted by atomic mass is 35.5. The predicted octanol–water partition coefficient (Wildman–Crippen LogP) is 1.42. The fraction of sp³-hybridized carbons (Fsp3) is 0.250. The number of halogens is 1. The van der Waals surface area contributed by atoms with Gasteiger partial charge in [0.2, 0.25) is 0 Å². The molecule has 0 amide bonds. The quantitative estimate of drug-likeness (QED) is 0.866. The highest BCUT2D eigenvalue weighted by Gasteiger charge is 2.01. The van der Waals surface area contributed by atoms with Crippen molar-refractivity contribution in [1.29, 1.82) is 0 Å². The van der Waals surface area contributed by atoms with Crippen molar-refractivity contribution < 1.29 is 5.11 Å². The Morgan fingerprint density at radius 2 is 1.88 bits per heavy atom. The van der Waals surface area contributed by atoms with E-state index in [1.165, 1.54) is 0 Å². The molecule has 0 atom stereocenters. The topological polar surface area (TPSA) is 64.1 Å². The minimum Gasteiger partial charge on any atom is -0.392 e. The predicted molar refractivity (Wildman–Crippen MR) is 69.9 cm³/mol. The molecular formula is C12H16ClN3O. The van der Waals surface area contributed by atoms with Gasteiger partial charge in [0.1, 0.15) is 0 Å². The third kappa shape index (κ3) is 3.30. The van der Waals surface area contributed by atoms with Gasteiger partial charge in [-0.2, -0.15) is 5.10 Å². The molecule has 0 unspecified atom stereocenters. The van der Waals surface area contributed by atoms with Crippen molar-refractivity contribution in [3.05, 3.63) is 42.2 Å². The highest BCUT2D eigenvalue weighted by molar-refractivity contribution is 5.85. The monoisotopic (exact) mass is 253 g/mol. The van der Waals surface area contributed by atoms with Crippen LogP contribution in [0.3, 0.4) is 0 Å². The van der Waals surface area contributed by atoms with Gasteiger partial charge < -0.3 is 10.8 Å². The number of rotatable bonds is 4. The number of aromatic nitrogens is 2. The van der Waals surface area contributed by atoms with Crippen LogP contribution >= 0.6 is 12.4 Å². The average Bonchev–Trinajstić information content (AvgIpc) is 2.78. The van der Waals surface area contributed by atoms with Gasteiger partial charge in [-0.3, -0.25) is 4.68 Å². The summed E-state index contributed by atoms with van der Waals surface area (Å²) in [4.78, 5) is 0. The van der Waals surface area contributed by atoms with E-state index >= 15 is 0 Å². The first-order valence-corrected chi connectivity index (χ1v) is 5.26. The first-order valence-electron chi connectivity index (χ1n) is 5.26. The molecule has 2 rings (SSSR count). The molecule has 17 heavy (non-hydrogen) atoms. The fourth-order valence-electron chi connectivity index (χ4n) is 1.57. The SMILES string of the molecule is Cl.NCCn1cc(-c2ccc(CO)cc2)cn1. The number of hydrogen-bond acceptors (Lipinski definition) is 3. The van der Waals surface area contributed by atoms with Crippen molar-refractivity contribution in [2.45, 2.75) is 13.2 Å². The Labute approximate surface area is 106 Å². The van der Waals surface area contributed by atoms with Crippen LogP contribution in [0.4, 0.5) is 0 Å². The summed E-state index contributed by atoms with van der Waals surface area (Å²) in [5, 5.41) is 13.2. The lowest BCUT2D eigenvalue weighted by Crippen LogP contribution is -2.09. The molecule has 0 saturated carbocycles. The number of benzene rings is 1. The van der Waals surface area contributed by atoms with Gasteiger partial charge >= 0.3 is 0 Å². The molecule has 92 valence electrons. The van der Waals surface area contributed by atoms with Crippen LogP contribution in [-0.4, -0.2) is 21.4 Å². The molecule has 1 aromatic carbocycles. The maximum absolute atomic E-state index is 8.94. The summed E-state index contributed by atoms with van der Waals surface area (Å²) in [6, 6.07) is 7.79. The zero-order valence-electron chi connectivity index (χ0n) is 9.41. The maximum atomic E-state index is 8.94. The Morgan fingerprint density at radius 3 is 2.47 bits per heavy atom. The lowest BCUT2D eigenvalue weighted by molar-refractivity contribution is 0.282. The summed E-state index contributed by atoms with van der Waals surface area (Å²) in [7, 11) is 0. The van der Waals surface area contributed by atoms with Gasteiger partial charge in [0.15, 0.2) is 0 Å². The van der Waals surface area contributed by atoms with E-state index in [4.69, 9.17) is 10.8 Å². The Morgan fingerprint density at radius 1 is 1.18 bits per heavy atom. The summed E-state index contributed by atoms with van der Waals surface area (Å²) >= 11 is 0. The molecule has 1 heterocycles. The van der Waals surface area contributed by atoms with Crippen molar-refractivity contribution in [3.8, 4) is 11.1 Å². The first-order chi connectivity index (χ1) is 7.83. The largest absolute Gasteiger partial charge is 0.392 e. The molecule has 1 aromatic heterocycles. The van der Waals surface area contributed by atoms with Gasteiger partial charge in [-0.1, -0.05) is 24.3 Å². The summed E-state index contributed by atoms with van der Waals surface area (Å²) in [6.45, 7) is 1.39. The second-order valence-corrected chi connectivity index (χ2v) is 3.64. The van der Waals surface area contributed by atoms with Crippen molar-refractivity contribution in [1.82, 2.24) is 9.78 Å². The maximum Gasteiger partial charge on any atom is 0.0681 e. The minimum atomic E-state index is 0. The molecule has 0 aliphatic heterocycles. The van der Waals surface area contributed by atoms with E-state index in [9.17, 15) is 0 Å². The molecule has 3 N–H and O–H groups in total. The van der Waals surface area contributed by atoms with Gasteiger partial charge in [-0.25, -0.2) is 0 Å². The van der Waals surface area contributed by atoms with Crippen LogP contribution in [0.1, 0.15) is 5.56 Å². The molecule has 0 spiro atoms. The Hall–Kier alpha value is -1.36. The standard InChI is InChI=1S/C12H15N3O.ClH/c13-5-6-15-8-12(7-14-15)11-3-1-10(9-16)2-4-11;/h1-4,7-8,16H,5-6,9,13H2;1H. The lowest BCUT2D eigenvalue weighted by atomic mass is 10.1. The second-order valence-electron chi connectivity index (χ2n) is 3.64. The summed E-state index contributed by atoms with van der Waals surface area (Å²) in [5.74, 6) is 0. The van der Waals surface area contributed by atoms with E-state index in [1.54, 1.807) is 0 Å². The van der Waals surface area contributed by atoms with Crippen molar-refractivity contribution in [3.63, 3.8) is 0 Å². The van der Waals surface area contributed by atoms with Gasteiger partial charge in [-0.05, 0) is 11.1 Å². The molecule has 2 aromatic rings. The number of hydrogen-bond donors (Lipinski definition) is 2. The van der Waals surface area contributed by atoms with Crippen LogP contribution in [0, 0.1) is 0 Å². The molecule has 0 fully saturated rings. The van der Waals surface area contributed by atoms with Crippen LogP contribution in [0.2, 0.25) is 0 Å². The Balaban J connectivity index is 0.00000144. The molecule has 4 nitrogen and oxygen atoms in total. The van der Waals surface area contributed by atoms with Gasteiger partial charge in [0, 0.05) is 18.3 Å². The first kappa shape index (κ1) is 13.7. The van der Waals surface area contributed by atoms with E-state index in [2.05, 4.69) is 5.10 Å².